The quantitative estimate of drug-likeness (QED) is 0.0116. The molecule has 34 heteroatoms. The lowest BCUT2D eigenvalue weighted by Crippen LogP contribution is -2.67. The Kier molecular flexibility index (Phi) is 71.3. The van der Waals surface area contributed by atoms with Gasteiger partial charge in [0, 0.05) is 38.6 Å². The Morgan fingerprint density at radius 3 is 1.22 bits per heavy atom. The number of unbranched alkanes of at least 4 members (excludes halogenated alkanes) is 42. The first-order chi connectivity index (χ1) is 63.0. The summed E-state index contributed by atoms with van der Waals surface area (Å²) in [5.41, 5.74) is 0. The fraction of sp³-hybridized carbons (Fsp3) is 0.918. The van der Waals surface area contributed by atoms with Gasteiger partial charge >= 0.3 is 43.6 Å². The van der Waals surface area contributed by atoms with Crippen LogP contribution in [0.15, 0.2) is 0 Å². The number of esters is 5. The van der Waals surface area contributed by atoms with E-state index in [1.807, 2.05) is 0 Å². The molecule has 0 radical (unpaired) electrons. The highest BCUT2D eigenvalue weighted by atomic mass is 31.2. The van der Waals surface area contributed by atoms with Gasteiger partial charge < -0.3 is 114 Å². The number of ether oxygens (including phenoxy) is 9. The van der Waals surface area contributed by atoms with E-state index >= 15 is 14.4 Å². The molecule has 2 aliphatic heterocycles. The van der Waals surface area contributed by atoms with Gasteiger partial charge in [0.25, 0.3) is 5.79 Å². The molecule has 2 heterocycles. The first kappa shape index (κ1) is 122. The van der Waals surface area contributed by atoms with E-state index in [1.165, 1.54) is 7.05 Å². The van der Waals surface area contributed by atoms with Crippen molar-refractivity contribution < 1.29 is 146 Å². The molecule has 0 aromatic rings. The summed E-state index contributed by atoms with van der Waals surface area (Å²) in [6.07, 6.45) is 12.4. The zero-order chi connectivity index (χ0) is 96.9. The molecule has 1 unspecified atom stereocenters. The van der Waals surface area contributed by atoms with Gasteiger partial charge in [-0.05, 0) is 64.8 Å². The van der Waals surface area contributed by atoms with Gasteiger partial charge in [-0.1, -0.05) is 311 Å². The van der Waals surface area contributed by atoms with Crippen LogP contribution in [-0.2, 0) is 90.1 Å². The molecular weight excluding hydrogens is 1720 g/mol. The number of amides is 2. The number of phosphoric ester groups is 1. The smallest absolute Gasteiger partial charge is 0.470 e. The van der Waals surface area contributed by atoms with E-state index in [0.29, 0.717) is 51.4 Å². The third-order valence-corrected chi connectivity index (χ3v) is 25.2. The lowest BCUT2D eigenvalue weighted by atomic mass is 9.92. The Morgan fingerprint density at radius 2 is 0.847 bits per heavy atom. The summed E-state index contributed by atoms with van der Waals surface area (Å²) in [6.45, 7) is 8.04. The maximum Gasteiger partial charge on any atom is 0.470 e. The first-order valence-electron chi connectivity index (χ1n) is 51.1. The standard InChI is InChI=1S/C97H180N3O30P/c1-8-14-20-26-32-35-41-44-50-56-72(123-83(109)59-53-47-38-29-23-17-11-4)64-81(107)99-75(94(115)128-90(77(104)68-98-7)89(114)78(105)69-101)62-63-121-95-87(100-82(108)65-73(57-51-45-42-36-33-27-21-15-9-2)124-84(110)60-54-48-39-30-24-18-12-5)93(92(130-131(118,119)120)80(126-95)71-122-97(96(116)117)67-76(103)88(113)91(129-97)79(106)70-102)127-86(112)66-74(58-52-46-43-37-34-28-22-16-10-3)125-85(111)61-55-49-40-31-25-19-13-6/h72-80,87-93,95,98,101-106,113-114H,8-71H2,1-7H3,(H,99,107)(H,100,108)(H,116,117)(H2,118,119,120)/t72-,73-,74-,75?,76-,77+,78-,79-,80-,87-,88-,89-,90-,91-,92-,93-,95-,97-/m1/s1. The van der Waals surface area contributed by atoms with Crippen LogP contribution in [0, 0.1) is 0 Å². The molecule has 768 valence electrons. The fourth-order valence-electron chi connectivity index (χ4n) is 16.8. The summed E-state index contributed by atoms with van der Waals surface area (Å²) in [5.74, 6) is -11.4. The molecule has 0 aromatic carbocycles. The van der Waals surface area contributed by atoms with E-state index in [0.717, 1.165) is 257 Å². The Hall–Kier alpha value is -4.65. The van der Waals surface area contributed by atoms with Gasteiger partial charge in [-0.3, -0.25) is 33.3 Å². The van der Waals surface area contributed by atoms with Crippen LogP contribution in [0.25, 0.3) is 0 Å². The molecule has 131 heavy (non-hydrogen) atoms. The second-order valence-electron chi connectivity index (χ2n) is 36.6. The van der Waals surface area contributed by atoms with Crippen molar-refractivity contribution in [3.05, 3.63) is 0 Å². The number of aliphatic hydroxyl groups excluding tert-OH is 8. The maximum atomic E-state index is 15.5. The van der Waals surface area contributed by atoms with E-state index < -0.39 is 224 Å². The van der Waals surface area contributed by atoms with Crippen LogP contribution in [0.5, 0.6) is 0 Å². The van der Waals surface area contributed by atoms with E-state index in [9.17, 15) is 84.3 Å². The number of nitrogens with one attached hydrogen (secondary N) is 3. The molecule has 2 saturated heterocycles. The van der Waals surface area contributed by atoms with Crippen molar-refractivity contribution in [2.45, 2.75) is 530 Å². The molecule has 18 atom stereocenters. The summed E-state index contributed by atoms with van der Waals surface area (Å²) in [6, 6.07) is -3.99. The summed E-state index contributed by atoms with van der Waals surface area (Å²) in [5, 5.41) is 106. The molecule has 0 aliphatic carbocycles. The molecule has 0 bridgehead atoms. The van der Waals surface area contributed by atoms with E-state index in [2.05, 4.69) is 57.5 Å². The topological polar surface area (TPSA) is 505 Å². The Bertz CT molecular complexity index is 3000. The third kappa shape index (κ3) is 56.7. The number of aliphatic carboxylic acids is 1. The van der Waals surface area contributed by atoms with Crippen molar-refractivity contribution in [1.29, 1.82) is 0 Å². The Morgan fingerprint density at radius 1 is 0.466 bits per heavy atom. The number of carbonyl (C=O) groups excluding carboxylic acids is 7. The van der Waals surface area contributed by atoms with Gasteiger partial charge in [-0.25, -0.2) is 14.2 Å². The SMILES string of the molecule is CCCCCCCCCCC[C@H](CC(=O)NC(CCO[C@@H]1O[C@H](CO[C@]2(C(=O)O)C[C@@H](O)[C@@H](O)[C@@H]([C@H](O)CO)O2)[C@@H](OP(=O)(O)O)[C@H](OC(=O)C[C@@H](CCCCCCCCCCC)OC(=O)CCCCCCCCC)[C@H]1NC(=O)C[C@@H](CCCCCCCCCCC)OC(=O)CCCCCCCCC)C(=O)O[C@@H]([C@H](O)[C@H](O)CO)[C@@H](O)CNC)OC(=O)CCCCCCCCC. The predicted molar refractivity (Wildman–Crippen MR) is 497 cm³/mol. The molecule has 2 rings (SSSR count). The zero-order valence-corrected chi connectivity index (χ0v) is 82.1. The maximum absolute atomic E-state index is 15.5. The van der Waals surface area contributed by atoms with Crippen LogP contribution in [0.2, 0.25) is 0 Å². The molecular formula is C97H180N3O30P. The van der Waals surface area contributed by atoms with Gasteiger partial charge in [0.05, 0.1) is 51.8 Å². The van der Waals surface area contributed by atoms with Crippen molar-refractivity contribution in [2.24, 2.45) is 0 Å². The number of rotatable bonds is 86. The molecule has 0 aromatic heterocycles. The van der Waals surface area contributed by atoms with Gasteiger partial charge in [-0.2, -0.15) is 0 Å². The minimum atomic E-state index is -5.98. The van der Waals surface area contributed by atoms with Gasteiger partial charge in [0.15, 0.2) is 18.5 Å². The summed E-state index contributed by atoms with van der Waals surface area (Å²) >= 11 is 0. The summed E-state index contributed by atoms with van der Waals surface area (Å²) < 4.78 is 74.7. The number of carboxylic acid groups (broad SMARTS) is 1. The van der Waals surface area contributed by atoms with Crippen molar-refractivity contribution in [1.82, 2.24) is 16.0 Å². The van der Waals surface area contributed by atoms with Crippen molar-refractivity contribution in [3.63, 3.8) is 0 Å². The number of carbonyl (C=O) groups is 8. The Labute approximate surface area is 783 Å². The number of hydrogen-bond acceptors (Lipinski definition) is 28. The van der Waals surface area contributed by atoms with Crippen LogP contribution >= 0.6 is 7.82 Å². The lowest BCUT2D eigenvalue weighted by molar-refractivity contribution is -0.338. The van der Waals surface area contributed by atoms with Gasteiger partial charge in [0.1, 0.15) is 79.2 Å². The van der Waals surface area contributed by atoms with Crippen LogP contribution in [0.3, 0.4) is 0 Å². The molecule has 0 saturated carbocycles. The number of hydrogen-bond donors (Lipinski definition) is 14. The average molecular weight is 1900 g/mol. The monoisotopic (exact) mass is 1900 g/mol. The predicted octanol–water partition coefficient (Wildman–Crippen LogP) is 14.4. The second kappa shape index (κ2) is 76.3. The van der Waals surface area contributed by atoms with Gasteiger partial charge in [-0.15, -0.1) is 0 Å². The van der Waals surface area contributed by atoms with Crippen LogP contribution < -0.4 is 16.0 Å². The minimum absolute atomic E-state index is 0.000517. The second-order valence-corrected chi connectivity index (χ2v) is 37.8. The van der Waals surface area contributed by atoms with Crippen molar-refractivity contribution >= 4 is 55.5 Å². The summed E-state index contributed by atoms with van der Waals surface area (Å²) in [4.78, 5) is 138. The highest BCUT2D eigenvalue weighted by Crippen LogP contribution is 2.44. The van der Waals surface area contributed by atoms with Crippen LogP contribution in [0.1, 0.15) is 420 Å². The molecule has 2 amide bonds. The Balaban J connectivity index is 3.20. The average Bonchev–Trinajstić information content (AvgIpc) is 0.766. The fourth-order valence-corrected chi connectivity index (χ4v) is 17.4. The van der Waals surface area contributed by atoms with E-state index in [1.54, 1.807) is 0 Å². The lowest BCUT2D eigenvalue weighted by Gasteiger charge is -2.47. The molecule has 0 spiro atoms. The minimum Gasteiger partial charge on any atom is -0.477 e. The number of carboxylic acids is 1. The normalized spacial score (nSPS) is 20.9. The molecule has 2 fully saturated rings. The summed E-state index contributed by atoms with van der Waals surface area (Å²) in [7, 11) is -4.55. The third-order valence-electron chi connectivity index (χ3n) is 24.6. The number of likely N-dealkylation sites (N-methyl/N-ethyl adjacent to an activating group) is 1. The van der Waals surface area contributed by atoms with E-state index in [4.69, 9.17) is 47.2 Å². The number of aliphatic hydroxyl groups is 8. The first-order valence-corrected chi connectivity index (χ1v) is 52.6. The molecule has 14 N–H and O–H groups in total. The highest BCUT2D eigenvalue weighted by molar-refractivity contribution is 7.46. The van der Waals surface area contributed by atoms with Crippen molar-refractivity contribution in [3.8, 4) is 0 Å². The van der Waals surface area contributed by atoms with Crippen LogP contribution in [0.4, 0.5) is 0 Å². The molecule has 2 aliphatic rings. The van der Waals surface area contributed by atoms with E-state index in [-0.39, 0.29) is 45.1 Å². The largest absolute Gasteiger partial charge is 0.477 e. The van der Waals surface area contributed by atoms with Crippen LogP contribution in [-0.4, -0.2) is 253 Å². The molecule has 33 nitrogen and oxygen atoms in total. The van der Waals surface area contributed by atoms with Crippen molar-refractivity contribution in [2.75, 3.05) is 40.0 Å². The zero-order valence-electron chi connectivity index (χ0n) is 81.2. The van der Waals surface area contributed by atoms with Gasteiger partial charge in [0.2, 0.25) is 11.8 Å². The highest BCUT2D eigenvalue weighted by Gasteiger charge is 2.58. The number of phosphoric acid groups is 1.